The fraction of sp³-hybridized carbons (Fsp3) is 0.962. The van der Waals surface area contributed by atoms with Gasteiger partial charge in [-0.15, -0.1) is 0 Å². The molecule has 4 saturated heterocycles. The Labute approximate surface area is 272 Å². The van der Waals surface area contributed by atoms with Crippen LogP contribution in [0.4, 0.5) is 0 Å². The van der Waals surface area contributed by atoms with Gasteiger partial charge in [0, 0.05) is 6.92 Å². The molecule has 280 valence electrons. The van der Waals surface area contributed by atoms with E-state index in [1.807, 2.05) is 0 Å². The second kappa shape index (κ2) is 16.8. The molecule has 4 heterocycles. The van der Waals surface area contributed by atoms with E-state index < -0.39 is 155 Å². The van der Waals surface area contributed by atoms with Gasteiger partial charge in [0.15, 0.2) is 25.2 Å². The minimum atomic E-state index is -2.02. The van der Waals surface area contributed by atoms with E-state index in [1.165, 1.54) is 0 Å². The molecule has 0 bridgehead atoms. The lowest BCUT2D eigenvalue weighted by Crippen LogP contribution is -2.69. The number of ether oxygens (including phenoxy) is 7. The Balaban J connectivity index is 1.51. The number of rotatable bonds is 11. The molecule has 0 saturated carbocycles. The van der Waals surface area contributed by atoms with Crippen molar-refractivity contribution in [3.63, 3.8) is 0 Å². The summed E-state index contributed by atoms with van der Waals surface area (Å²) < 4.78 is 38.5. The zero-order chi connectivity index (χ0) is 35.6. The molecule has 22 heteroatoms. The Hall–Kier alpha value is -1.33. The standard InChI is InChI=1S/C26H45NO21/c1-6(32)27-11-13(34)20(47-25-18(39)14(35)12(33)7(2-28)43-25)9(4-30)44-24(11)46-22-10(5-31)45-26(19(40)16(22)37)48-21-8(3-29)42-23(41)17(38)15(21)36/h7-26,28-31,33-41H,2-5H2,1H3,(H,27,32)/t7-,8-,9-,10-,11-,12+,13-,14+,15-,16-,17-,18-,19-,20+,21-,22+,23?,24+,25+,26+/m1/s1. The zero-order valence-electron chi connectivity index (χ0n) is 25.5. The molecule has 0 aromatic carbocycles. The van der Waals surface area contributed by atoms with Crippen LogP contribution in [0.2, 0.25) is 0 Å². The van der Waals surface area contributed by atoms with Crippen LogP contribution in [-0.2, 0) is 38.0 Å². The molecular formula is C26H45NO21. The molecule has 14 N–H and O–H groups in total. The lowest BCUT2D eigenvalue weighted by molar-refractivity contribution is -0.379. The van der Waals surface area contributed by atoms with Crippen molar-refractivity contribution in [3.05, 3.63) is 0 Å². The molecule has 1 unspecified atom stereocenters. The van der Waals surface area contributed by atoms with Crippen LogP contribution in [0.15, 0.2) is 0 Å². The van der Waals surface area contributed by atoms with E-state index in [1.54, 1.807) is 0 Å². The molecule has 4 rings (SSSR count). The molecule has 4 aliphatic rings. The highest BCUT2D eigenvalue weighted by atomic mass is 16.8. The predicted octanol–water partition coefficient (Wildman–Crippen LogP) is -9.61. The Kier molecular flexibility index (Phi) is 13.8. The topological polar surface area (TPSA) is 357 Å². The van der Waals surface area contributed by atoms with Gasteiger partial charge in [0.2, 0.25) is 5.91 Å². The highest BCUT2D eigenvalue weighted by molar-refractivity contribution is 5.73. The third-order valence-electron chi connectivity index (χ3n) is 8.61. The Morgan fingerprint density at radius 2 is 0.896 bits per heavy atom. The molecule has 0 aromatic heterocycles. The number of aliphatic hydroxyl groups excluding tert-OH is 13. The van der Waals surface area contributed by atoms with Crippen molar-refractivity contribution in [2.75, 3.05) is 26.4 Å². The molecule has 0 spiro atoms. The minimum absolute atomic E-state index is 0.739. The normalized spacial score (nSPS) is 50.2. The molecule has 20 atom stereocenters. The molecule has 0 aromatic rings. The fourth-order valence-electron chi connectivity index (χ4n) is 5.95. The molecule has 22 nitrogen and oxygen atoms in total. The SMILES string of the molecule is CC(=O)N[C@H]1[C@H](O[C@@H]2[C@H](O)[C@@H](O)[C@H](O[C@H]3[C@H](O)[C@@H](O)C(O)O[C@@H]3CO)O[C@@H]2CO)O[C@H](CO)[C@H](O[C@@H]2O[C@H](CO)[C@H](O)[C@H](O)[C@H]2O)[C@@H]1O. The van der Waals surface area contributed by atoms with Crippen LogP contribution in [-0.4, -0.2) is 221 Å². The third kappa shape index (κ3) is 8.08. The summed E-state index contributed by atoms with van der Waals surface area (Å²) in [6.45, 7) is -2.34. The molecule has 0 radical (unpaired) electrons. The highest BCUT2D eigenvalue weighted by Crippen LogP contribution is 2.34. The van der Waals surface area contributed by atoms with E-state index in [4.69, 9.17) is 33.2 Å². The maximum absolute atomic E-state index is 12.1. The smallest absolute Gasteiger partial charge is 0.217 e. The predicted molar refractivity (Wildman–Crippen MR) is 145 cm³/mol. The second-order valence-electron chi connectivity index (χ2n) is 11.9. The molecule has 0 aliphatic carbocycles. The molecule has 48 heavy (non-hydrogen) atoms. The van der Waals surface area contributed by atoms with E-state index in [0.717, 1.165) is 6.92 Å². The van der Waals surface area contributed by atoms with Crippen molar-refractivity contribution < 1.29 is 104 Å². The minimum Gasteiger partial charge on any atom is -0.394 e. The van der Waals surface area contributed by atoms with Crippen LogP contribution < -0.4 is 5.32 Å². The fourth-order valence-corrected chi connectivity index (χ4v) is 5.95. The lowest BCUT2D eigenvalue weighted by atomic mass is 9.94. The Morgan fingerprint density at radius 3 is 1.40 bits per heavy atom. The quantitative estimate of drug-likeness (QED) is 0.0947. The van der Waals surface area contributed by atoms with Gasteiger partial charge < -0.3 is 105 Å². The van der Waals surface area contributed by atoms with Crippen LogP contribution in [0.25, 0.3) is 0 Å². The van der Waals surface area contributed by atoms with E-state index in [2.05, 4.69) is 5.32 Å². The first kappa shape index (κ1) is 39.5. The van der Waals surface area contributed by atoms with Gasteiger partial charge in [-0.2, -0.15) is 0 Å². The highest BCUT2D eigenvalue weighted by Gasteiger charge is 2.55. The third-order valence-corrected chi connectivity index (χ3v) is 8.61. The van der Waals surface area contributed by atoms with Crippen molar-refractivity contribution in [3.8, 4) is 0 Å². The average Bonchev–Trinajstić information content (AvgIpc) is 3.06. The van der Waals surface area contributed by atoms with E-state index >= 15 is 0 Å². The van der Waals surface area contributed by atoms with Gasteiger partial charge in [-0.05, 0) is 0 Å². The number of amides is 1. The summed E-state index contributed by atoms with van der Waals surface area (Å²) in [6, 6.07) is -1.58. The van der Waals surface area contributed by atoms with Gasteiger partial charge >= 0.3 is 0 Å². The largest absolute Gasteiger partial charge is 0.394 e. The monoisotopic (exact) mass is 707 g/mol. The Bertz CT molecular complexity index is 1020. The second-order valence-corrected chi connectivity index (χ2v) is 11.9. The van der Waals surface area contributed by atoms with Gasteiger partial charge in [-0.25, -0.2) is 0 Å². The van der Waals surface area contributed by atoms with Crippen LogP contribution >= 0.6 is 0 Å². The van der Waals surface area contributed by atoms with Crippen LogP contribution in [0, 0.1) is 0 Å². The van der Waals surface area contributed by atoms with Gasteiger partial charge in [0.25, 0.3) is 0 Å². The number of hydrogen-bond acceptors (Lipinski definition) is 21. The maximum atomic E-state index is 12.1. The van der Waals surface area contributed by atoms with Crippen LogP contribution in [0.3, 0.4) is 0 Å². The number of hydrogen-bond donors (Lipinski definition) is 14. The van der Waals surface area contributed by atoms with E-state index in [9.17, 15) is 71.2 Å². The van der Waals surface area contributed by atoms with E-state index in [0.29, 0.717) is 0 Å². The average molecular weight is 708 g/mol. The number of aliphatic hydroxyl groups is 13. The summed E-state index contributed by atoms with van der Waals surface area (Å²) in [7, 11) is 0. The Morgan fingerprint density at radius 1 is 0.500 bits per heavy atom. The van der Waals surface area contributed by atoms with Crippen molar-refractivity contribution >= 4 is 5.91 Å². The van der Waals surface area contributed by atoms with Crippen molar-refractivity contribution in [2.24, 2.45) is 0 Å². The molecule has 4 fully saturated rings. The molecular weight excluding hydrogens is 662 g/mol. The summed E-state index contributed by atoms with van der Waals surface area (Å²) >= 11 is 0. The summed E-state index contributed by atoms with van der Waals surface area (Å²) in [5.41, 5.74) is 0. The number of nitrogens with one attached hydrogen (secondary N) is 1. The van der Waals surface area contributed by atoms with Crippen molar-refractivity contribution in [2.45, 2.75) is 130 Å². The summed E-state index contributed by atoms with van der Waals surface area (Å²) in [6.07, 6.45) is -33.2. The van der Waals surface area contributed by atoms with Crippen LogP contribution in [0.5, 0.6) is 0 Å². The van der Waals surface area contributed by atoms with Gasteiger partial charge in [-0.1, -0.05) is 0 Å². The summed E-state index contributed by atoms with van der Waals surface area (Å²) in [5, 5.41) is 135. The number of carbonyl (C=O) groups is 1. The van der Waals surface area contributed by atoms with Gasteiger partial charge in [-0.3, -0.25) is 4.79 Å². The first-order valence-electron chi connectivity index (χ1n) is 15.1. The van der Waals surface area contributed by atoms with E-state index in [-0.39, 0.29) is 0 Å². The van der Waals surface area contributed by atoms with Crippen LogP contribution in [0.1, 0.15) is 6.92 Å². The first-order valence-corrected chi connectivity index (χ1v) is 15.1. The molecule has 4 aliphatic heterocycles. The van der Waals surface area contributed by atoms with Crippen molar-refractivity contribution in [1.29, 1.82) is 0 Å². The molecule has 1 amide bonds. The summed E-state index contributed by atoms with van der Waals surface area (Å²) in [4.78, 5) is 12.1. The van der Waals surface area contributed by atoms with Gasteiger partial charge in [0.05, 0.1) is 26.4 Å². The van der Waals surface area contributed by atoms with Crippen molar-refractivity contribution in [1.82, 2.24) is 5.32 Å². The van der Waals surface area contributed by atoms with Gasteiger partial charge in [0.1, 0.15) is 97.6 Å². The zero-order valence-corrected chi connectivity index (χ0v) is 25.5. The first-order chi connectivity index (χ1) is 22.7. The number of carbonyl (C=O) groups excluding carboxylic acids is 1. The summed E-state index contributed by atoms with van der Waals surface area (Å²) in [5.74, 6) is -0.739. The maximum Gasteiger partial charge on any atom is 0.217 e. The lowest BCUT2D eigenvalue weighted by Gasteiger charge is -2.49.